The maximum absolute atomic E-state index is 11.3. The third kappa shape index (κ3) is 3.03. The molecule has 23 heavy (non-hydrogen) atoms. The standard InChI is InChI=1S/C17H21N3O3/c21-16-18-12-17(22-16)6-8-20(9-7-17)11-14-10-15(19-23-14)13-4-2-1-3-5-13/h1-5,14H,6-12H2,(H,18,21)/t14-/m1/s1. The highest BCUT2D eigenvalue weighted by atomic mass is 16.6. The number of piperidine rings is 1. The van der Waals surface area contributed by atoms with E-state index < -0.39 is 0 Å². The molecule has 0 aromatic heterocycles. The van der Waals surface area contributed by atoms with Gasteiger partial charge in [0.05, 0.1) is 12.3 Å². The van der Waals surface area contributed by atoms with Gasteiger partial charge in [-0.25, -0.2) is 4.79 Å². The molecule has 0 aliphatic carbocycles. The summed E-state index contributed by atoms with van der Waals surface area (Å²) in [5, 5.41) is 7.01. The van der Waals surface area contributed by atoms with Gasteiger partial charge in [0, 0.05) is 38.9 Å². The number of carbonyl (C=O) groups excluding carboxylic acids is 1. The maximum Gasteiger partial charge on any atom is 0.407 e. The van der Waals surface area contributed by atoms with Gasteiger partial charge in [0.2, 0.25) is 0 Å². The van der Waals surface area contributed by atoms with Crippen LogP contribution in [0.1, 0.15) is 24.8 Å². The molecule has 1 aromatic carbocycles. The number of oxime groups is 1. The number of nitrogens with one attached hydrogen (secondary N) is 1. The SMILES string of the molecule is O=C1NCC2(CCN(C[C@H]3CC(c4ccccc4)=NO3)CC2)O1. The van der Waals surface area contributed by atoms with Gasteiger partial charge in [-0.2, -0.15) is 0 Å². The highest BCUT2D eigenvalue weighted by Crippen LogP contribution is 2.30. The van der Waals surface area contributed by atoms with Gasteiger partial charge in [-0.3, -0.25) is 4.90 Å². The lowest BCUT2D eigenvalue weighted by molar-refractivity contribution is -0.0164. The van der Waals surface area contributed by atoms with Crippen molar-refractivity contribution >= 4 is 11.8 Å². The molecule has 2 saturated heterocycles. The Labute approximate surface area is 135 Å². The molecule has 0 bridgehead atoms. The van der Waals surface area contributed by atoms with Crippen molar-refractivity contribution in [2.75, 3.05) is 26.2 Å². The lowest BCUT2D eigenvalue weighted by atomic mass is 9.91. The van der Waals surface area contributed by atoms with E-state index in [0.717, 1.165) is 50.2 Å². The number of amides is 1. The Morgan fingerprint density at radius 3 is 2.74 bits per heavy atom. The average Bonchev–Trinajstić information content (AvgIpc) is 3.18. The van der Waals surface area contributed by atoms with Crippen LogP contribution in [0.3, 0.4) is 0 Å². The van der Waals surface area contributed by atoms with Crippen molar-refractivity contribution < 1.29 is 14.4 Å². The summed E-state index contributed by atoms with van der Waals surface area (Å²) in [5.74, 6) is 0. The van der Waals surface area contributed by atoms with Crippen LogP contribution < -0.4 is 5.32 Å². The molecule has 6 heteroatoms. The summed E-state index contributed by atoms with van der Waals surface area (Å²) in [6.45, 7) is 3.36. The normalized spacial score (nSPS) is 26.5. The second-order valence-electron chi connectivity index (χ2n) is 6.56. The van der Waals surface area contributed by atoms with Crippen LogP contribution in [0.2, 0.25) is 0 Å². The summed E-state index contributed by atoms with van der Waals surface area (Å²) < 4.78 is 5.45. The molecular formula is C17H21N3O3. The fraction of sp³-hybridized carbons (Fsp3) is 0.529. The number of ether oxygens (including phenoxy) is 1. The van der Waals surface area contributed by atoms with Gasteiger partial charge in [-0.1, -0.05) is 35.5 Å². The Morgan fingerprint density at radius 2 is 2.04 bits per heavy atom. The Bertz CT molecular complexity index is 609. The zero-order valence-electron chi connectivity index (χ0n) is 13.0. The number of nitrogens with zero attached hydrogens (tertiary/aromatic N) is 2. The Balaban J connectivity index is 1.28. The molecule has 1 aromatic rings. The predicted molar refractivity (Wildman–Crippen MR) is 85.4 cm³/mol. The number of benzene rings is 1. The average molecular weight is 315 g/mol. The molecule has 2 fully saturated rings. The molecule has 1 atom stereocenters. The molecule has 1 N–H and O–H groups in total. The number of carbonyl (C=O) groups is 1. The molecule has 1 spiro atoms. The maximum atomic E-state index is 11.3. The summed E-state index contributed by atoms with van der Waals surface area (Å²) in [6, 6.07) is 10.2. The first kappa shape index (κ1) is 14.5. The molecule has 1 amide bonds. The first-order valence-corrected chi connectivity index (χ1v) is 8.20. The summed E-state index contributed by atoms with van der Waals surface area (Å²) in [6.07, 6.45) is 2.44. The van der Waals surface area contributed by atoms with Crippen molar-refractivity contribution in [2.24, 2.45) is 5.16 Å². The molecule has 122 valence electrons. The van der Waals surface area contributed by atoms with Gasteiger partial charge in [-0.05, 0) is 5.56 Å². The lowest BCUT2D eigenvalue weighted by Gasteiger charge is -2.37. The van der Waals surface area contributed by atoms with Gasteiger partial charge < -0.3 is 14.9 Å². The highest BCUT2D eigenvalue weighted by molar-refractivity contribution is 6.01. The van der Waals surface area contributed by atoms with Crippen molar-refractivity contribution in [3.05, 3.63) is 35.9 Å². The summed E-state index contributed by atoms with van der Waals surface area (Å²) in [7, 11) is 0. The van der Waals surface area contributed by atoms with E-state index in [9.17, 15) is 4.79 Å². The molecule has 3 aliphatic rings. The van der Waals surface area contributed by atoms with Crippen molar-refractivity contribution in [1.82, 2.24) is 10.2 Å². The molecule has 4 rings (SSSR count). The van der Waals surface area contributed by atoms with Gasteiger partial charge >= 0.3 is 6.09 Å². The van der Waals surface area contributed by atoms with E-state index in [1.54, 1.807) is 0 Å². The van der Waals surface area contributed by atoms with Crippen molar-refractivity contribution in [3.8, 4) is 0 Å². The minimum absolute atomic E-state index is 0.114. The number of likely N-dealkylation sites (tertiary alicyclic amines) is 1. The van der Waals surface area contributed by atoms with Crippen molar-refractivity contribution in [1.29, 1.82) is 0 Å². The Hall–Kier alpha value is -2.08. The molecule has 0 radical (unpaired) electrons. The van der Waals surface area contributed by atoms with Crippen LogP contribution in [-0.4, -0.2) is 54.6 Å². The largest absolute Gasteiger partial charge is 0.441 e. The summed E-state index contributed by atoms with van der Waals surface area (Å²) in [5.41, 5.74) is 1.88. The molecule has 6 nitrogen and oxygen atoms in total. The second-order valence-corrected chi connectivity index (χ2v) is 6.56. The molecular weight excluding hydrogens is 294 g/mol. The van der Waals surface area contributed by atoms with Crippen LogP contribution >= 0.6 is 0 Å². The second kappa shape index (κ2) is 5.85. The van der Waals surface area contributed by atoms with Crippen LogP contribution in [0, 0.1) is 0 Å². The van der Waals surface area contributed by atoms with E-state index in [-0.39, 0.29) is 17.8 Å². The summed E-state index contributed by atoms with van der Waals surface area (Å²) in [4.78, 5) is 19.3. The smallest absolute Gasteiger partial charge is 0.407 e. The number of hydrogen-bond donors (Lipinski definition) is 1. The van der Waals surface area contributed by atoms with Gasteiger partial charge in [0.25, 0.3) is 0 Å². The van der Waals surface area contributed by atoms with Crippen LogP contribution in [0.4, 0.5) is 4.79 Å². The molecule has 0 saturated carbocycles. The van der Waals surface area contributed by atoms with E-state index in [1.807, 2.05) is 18.2 Å². The van der Waals surface area contributed by atoms with Crippen LogP contribution in [0.25, 0.3) is 0 Å². The predicted octanol–water partition coefficient (Wildman–Crippen LogP) is 1.75. The highest BCUT2D eigenvalue weighted by Gasteiger charge is 2.43. The van der Waals surface area contributed by atoms with Crippen LogP contribution in [0.15, 0.2) is 35.5 Å². The van der Waals surface area contributed by atoms with Crippen LogP contribution in [0.5, 0.6) is 0 Å². The van der Waals surface area contributed by atoms with Crippen molar-refractivity contribution in [2.45, 2.75) is 31.0 Å². The zero-order valence-corrected chi connectivity index (χ0v) is 13.0. The third-order valence-electron chi connectivity index (χ3n) is 4.93. The lowest BCUT2D eigenvalue weighted by Crippen LogP contribution is -2.48. The minimum atomic E-state index is -0.282. The zero-order chi connectivity index (χ0) is 15.7. The number of hydrogen-bond acceptors (Lipinski definition) is 5. The third-order valence-corrected chi connectivity index (χ3v) is 4.93. The fourth-order valence-corrected chi connectivity index (χ4v) is 3.54. The molecule has 3 aliphatic heterocycles. The topological polar surface area (TPSA) is 63.2 Å². The molecule has 3 heterocycles. The Morgan fingerprint density at radius 1 is 1.26 bits per heavy atom. The first-order chi connectivity index (χ1) is 11.2. The Kier molecular flexibility index (Phi) is 3.69. The number of rotatable bonds is 3. The fourth-order valence-electron chi connectivity index (χ4n) is 3.54. The number of alkyl carbamates (subject to hydrolysis) is 1. The monoisotopic (exact) mass is 315 g/mol. The van der Waals surface area contributed by atoms with E-state index in [1.165, 1.54) is 0 Å². The van der Waals surface area contributed by atoms with E-state index in [0.29, 0.717) is 6.54 Å². The van der Waals surface area contributed by atoms with E-state index in [2.05, 4.69) is 27.5 Å². The van der Waals surface area contributed by atoms with Crippen molar-refractivity contribution in [3.63, 3.8) is 0 Å². The molecule has 0 unspecified atom stereocenters. The first-order valence-electron chi connectivity index (χ1n) is 8.20. The van der Waals surface area contributed by atoms with Gasteiger partial charge in [-0.15, -0.1) is 0 Å². The summed E-state index contributed by atoms with van der Waals surface area (Å²) >= 11 is 0. The van der Waals surface area contributed by atoms with E-state index >= 15 is 0 Å². The van der Waals surface area contributed by atoms with Crippen LogP contribution in [-0.2, 0) is 9.57 Å². The van der Waals surface area contributed by atoms with Gasteiger partial charge in [0.1, 0.15) is 11.7 Å². The minimum Gasteiger partial charge on any atom is -0.441 e. The van der Waals surface area contributed by atoms with Gasteiger partial charge in [0.15, 0.2) is 0 Å². The van der Waals surface area contributed by atoms with E-state index in [4.69, 9.17) is 9.57 Å². The quantitative estimate of drug-likeness (QED) is 0.923.